The molecule has 0 aromatic heterocycles. The van der Waals surface area contributed by atoms with Crippen molar-refractivity contribution in [1.29, 1.82) is 0 Å². The fourth-order valence-corrected chi connectivity index (χ4v) is 3.93. The second kappa shape index (κ2) is 10.5. The highest BCUT2D eigenvalue weighted by Crippen LogP contribution is 2.31. The van der Waals surface area contributed by atoms with E-state index in [0.717, 1.165) is 43.9 Å². The molecule has 0 bridgehead atoms. The van der Waals surface area contributed by atoms with Gasteiger partial charge in [-0.2, -0.15) is 0 Å². The van der Waals surface area contributed by atoms with Crippen LogP contribution in [-0.4, -0.2) is 66.0 Å². The number of aromatic hydroxyl groups is 1. The largest absolute Gasteiger partial charge is 0.504 e. The summed E-state index contributed by atoms with van der Waals surface area (Å²) in [4.78, 5) is 4.78. The normalized spacial score (nSPS) is 18.0. The van der Waals surface area contributed by atoms with E-state index in [1.807, 2.05) is 31.2 Å². The number of phenols is 1. The van der Waals surface area contributed by atoms with E-state index in [2.05, 4.69) is 21.9 Å². The van der Waals surface area contributed by atoms with Crippen LogP contribution in [-0.2, 0) is 13.1 Å². The molecule has 1 saturated heterocycles. The molecule has 2 aromatic rings. The molecule has 3 rings (SSSR count). The van der Waals surface area contributed by atoms with Crippen LogP contribution in [0.3, 0.4) is 0 Å². The van der Waals surface area contributed by atoms with E-state index >= 15 is 0 Å². The standard InChI is InChI=1S/C23H32N2O4/c1-3-29-21-9-7-18(8-10-21)15-25-13-12-24(17-20(25)11-14-26)16-19-5-4-6-22(28-2)23(19)27/h4-10,20,26-27H,3,11-17H2,1-2H3. The van der Waals surface area contributed by atoms with Crippen molar-refractivity contribution < 1.29 is 19.7 Å². The minimum absolute atomic E-state index is 0.169. The lowest BCUT2D eigenvalue weighted by Crippen LogP contribution is -2.52. The summed E-state index contributed by atoms with van der Waals surface area (Å²) in [5, 5.41) is 20.0. The summed E-state index contributed by atoms with van der Waals surface area (Å²) in [6.45, 7) is 7.03. The summed E-state index contributed by atoms with van der Waals surface area (Å²) in [6, 6.07) is 14.1. The zero-order valence-electron chi connectivity index (χ0n) is 17.4. The van der Waals surface area contributed by atoms with Gasteiger partial charge in [-0.15, -0.1) is 0 Å². The smallest absolute Gasteiger partial charge is 0.162 e. The third kappa shape index (κ3) is 5.63. The predicted octanol–water partition coefficient (Wildman–Crippen LogP) is 2.87. The third-order valence-electron chi connectivity index (χ3n) is 5.47. The van der Waals surface area contributed by atoms with Gasteiger partial charge in [0.2, 0.25) is 0 Å². The molecule has 6 heteroatoms. The Morgan fingerprint density at radius 1 is 1.07 bits per heavy atom. The fraction of sp³-hybridized carbons (Fsp3) is 0.478. The summed E-state index contributed by atoms with van der Waals surface area (Å²) in [5.74, 6) is 1.61. The predicted molar refractivity (Wildman–Crippen MR) is 113 cm³/mol. The molecule has 158 valence electrons. The van der Waals surface area contributed by atoms with Gasteiger partial charge >= 0.3 is 0 Å². The quantitative estimate of drug-likeness (QED) is 0.675. The van der Waals surface area contributed by atoms with Crippen molar-refractivity contribution in [1.82, 2.24) is 9.80 Å². The van der Waals surface area contributed by atoms with Gasteiger partial charge in [-0.1, -0.05) is 24.3 Å². The highest BCUT2D eigenvalue weighted by atomic mass is 16.5. The van der Waals surface area contributed by atoms with Gasteiger partial charge in [0.15, 0.2) is 11.5 Å². The minimum Gasteiger partial charge on any atom is -0.504 e. The number of ether oxygens (including phenoxy) is 2. The third-order valence-corrected chi connectivity index (χ3v) is 5.47. The molecule has 1 heterocycles. The first-order valence-corrected chi connectivity index (χ1v) is 10.3. The minimum atomic E-state index is 0.169. The van der Waals surface area contributed by atoms with E-state index in [9.17, 15) is 10.2 Å². The Bertz CT molecular complexity index is 766. The maximum absolute atomic E-state index is 10.4. The fourth-order valence-electron chi connectivity index (χ4n) is 3.93. The van der Waals surface area contributed by atoms with Gasteiger partial charge in [0.1, 0.15) is 5.75 Å². The molecule has 2 N–H and O–H groups in total. The summed E-state index contributed by atoms with van der Waals surface area (Å²) in [5.41, 5.74) is 2.11. The lowest BCUT2D eigenvalue weighted by Gasteiger charge is -2.41. The van der Waals surface area contributed by atoms with E-state index in [1.54, 1.807) is 13.2 Å². The van der Waals surface area contributed by atoms with Crippen LogP contribution < -0.4 is 9.47 Å². The number of aliphatic hydroxyl groups is 1. The van der Waals surface area contributed by atoms with E-state index in [-0.39, 0.29) is 18.4 Å². The Balaban J connectivity index is 1.63. The van der Waals surface area contributed by atoms with Crippen molar-refractivity contribution in [3.05, 3.63) is 53.6 Å². The van der Waals surface area contributed by atoms with Crippen LogP contribution >= 0.6 is 0 Å². The number of nitrogens with zero attached hydrogens (tertiary/aromatic N) is 2. The molecule has 1 aliphatic heterocycles. The molecule has 29 heavy (non-hydrogen) atoms. The first kappa shape index (κ1) is 21.4. The van der Waals surface area contributed by atoms with Crippen molar-refractivity contribution in [2.45, 2.75) is 32.5 Å². The Kier molecular flexibility index (Phi) is 7.75. The van der Waals surface area contributed by atoms with Gasteiger partial charge in [-0.25, -0.2) is 0 Å². The lowest BCUT2D eigenvalue weighted by molar-refractivity contribution is 0.0496. The van der Waals surface area contributed by atoms with Crippen LogP contribution in [0.15, 0.2) is 42.5 Å². The van der Waals surface area contributed by atoms with Crippen molar-refractivity contribution in [2.75, 3.05) is 40.0 Å². The van der Waals surface area contributed by atoms with Crippen molar-refractivity contribution in [2.24, 2.45) is 0 Å². The van der Waals surface area contributed by atoms with Gasteiger partial charge < -0.3 is 19.7 Å². The Hall–Kier alpha value is -2.28. The molecule has 0 aliphatic carbocycles. The molecular formula is C23H32N2O4. The second-order valence-electron chi connectivity index (χ2n) is 7.42. The monoisotopic (exact) mass is 400 g/mol. The summed E-state index contributed by atoms with van der Waals surface area (Å²) in [7, 11) is 1.57. The number of aliphatic hydroxyl groups excluding tert-OH is 1. The maximum Gasteiger partial charge on any atom is 0.162 e. The summed E-state index contributed by atoms with van der Waals surface area (Å²) in [6.07, 6.45) is 0.734. The molecule has 0 spiro atoms. The molecule has 1 aliphatic rings. The molecule has 2 aromatic carbocycles. The summed E-state index contributed by atoms with van der Waals surface area (Å²) >= 11 is 0. The zero-order chi connectivity index (χ0) is 20.6. The number of piperazine rings is 1. The average Bonchev–Trinajstić information content (AvgIpc) is 2.73. The molecule has 0 saturated carbocycles. The molecule has 1 atom stereocenters. The van der Waals surface area contributed by atoms with Gasteiger partial charge in [-0.3, -0.25) is 9.80 Å². The van der Waals surface area contributed by atoms with Crippen molar-refractivity contribution in [3.8, 4) is 17.2 Å². The van der Waals surface area contributed by atoms with Crippen LogP contribution in [0, 0.1) is 0 Å². The molecule has 6 nitrogen and oxygen atoms in total. The number of methoxy groups -OCH3 is 1. The number of phenolic OH excluding ortho intramolecular Hbond substituents is 1. The van der Waals surface area contributed by atoms with Crippen LogP contribution in [0.2, 0.25) is 0 Å². The van der Waals surface area contributed by atoms with E-state index in [1.165, 1.54) is 5.56 Å². The molecule has 0 amide bonds. The van der Waals surface area contributed by atoms with Crippen molar-refractivity contribution >= 4 is 0 Å². The molecule has 0 radical (unpaired) electrons. The first-order valence-electron chi connectivity index (χ1n) is 10.3. The zero-order valence-corrected chi connectivity index (χ0v) is 17.4. The highest BCUT2D eigenvalue weighted by molar-refractivity contribution is 5.45. The Labute approximate surface area is 173 Å². The second-order valence-corrected chi connectivity index (χ2v) is 7.42. The topological polar surface area (TPSA) is 65.4 Å². The Morgan fingerprint density at radius 2 is 1.86 bits per heavy atom. The van der Waals surface area contributed by atoms with Gasteiger partial charge in [0.05, 0.1) is 13.7 Å². The maximum atomic E-state index is 10.4. The Morgan fingerprint density at radius 3 is 2.55 bits per heavy atom. The van der Waals surface area contributed by atoms with Crippen LogP contribution in [0.1, 0.15) is 24.5 Å². The van der Waals surface area contributed by atoms with Crippen LogP contribution in [0.4, 0.5) is 0 Å². The summed E-state index contributed by atoms with van der Waals surface area (Å²) < 4.78 is 10.7. The van der Waals surface area contributed by atoms with Crippen molar-refractivity contribution in [3.63, 3.8) is 0 Å². The molecule has 1 unspecified atom stereocenters. The number of para-hydroxylation sites is 1. The van der Waals surface area contributed by atoms with E-state index < -0.39 is 0 Å². The molecule has 1 fully saturated rings. The first-order chi connectivity index (χ1) is 14.1. The molecular weight excluding hydrogens is 368 g/mol. The highest BCUT2D eigenvalue weighted by Gasteiger charge is 2.27. The lowest BCUT2D eigenvalue weighted by atomic mass is 10.1. The number of benzene rings is 2. The van der Waals surface area contributed by atoms with E-state index in [0.29, 0.717) is 18.9 Å². The van der Waals surface area contributed by atoms with E-state index in [4.69, 9.17) is 9.47 Å². The number of rotatable bonds is 9. The number of hydrogen-bond donors (Lipinski definition) is 2. The SMILES string of the molecule is CCOc1ccc(CN2CCN(Cc3cccc(OC)c3O)CC2CCO)cc1. The van der Waals surface area contributed by atoms with Gasteiger partial charge in [0.25, 0.3) is 0 Å². The van der Waals surface area contributed by atoms with Gasteiger partial charge in [-0.05, 0) is 37.1 Å². The number of hydrogen-bond acceptors (Lipinski definition) is 6. The average molecular weight is 401 g/mol. The van der Waals surface area contributed by atoms with Crippen LogP contribution in [0.5, 0.6) is 17.2 Å². The van der Waals surface area contributed by atoms with Crippen LogP contribution in [0.25, 0.3) is 0 Å². The van der Waals surface area contributed by atoms with Gasteiger partial charge in [0, 0.05) is 50.9 Å².